The van der Waals surface area contributed by atoms with Crippen molar-refractivity contribution in [1.29, 1.82) is 0 Å². The lowest BCUT2D eigenvalue weighted by molar-refractivity contribution is 0.717. The molecule has 0 radical (unpaired) electrons. The molecule has 0 bridgehead atoms. The van der Waals surface area contributed by atoms with Crippen molar-refractivity contribution in [2.75, 3.05) is 0 Å². The van der Waals surface area contributed by atoms with E-state index in [2.05, 4.69) is 199 Å². The second-order valence-corrected chi connectivity index (χ2v) is 15.2. The van der Waals surface area contributed by atoms with Crippen LogP contribution in [0.1, 0.15) is 40.7 Å². The molecule has 0 saturated carbocycles. The predicted molar refractivity (Wildman–Crippen MR) is 227 cm³/mol. The smallest absolute Gasteiger partial charge is 0.145 e. The van der Waals surface area contributed by atoms with Crippen LogP contribution >= 0.6 is 0 Å². The summed E-state index contributed by atoms with van der Waals surface area (Å²) >= 11 is 0. The molecule has 11 rings (SSSR count). The molecule has 262 valence electrons. The Labute approximate surface area is 320 Å². The van der Waals surface area contributed by atoms with Crippen LogP contribution in [0.4, 0.5) is 0 Å². The lowest BCUT2D eigenvalue weighted by atomic mass is 9.61. The first kappa shape index (κ1) is 31.8. The van der Waals surface area contributed by atoms with E-state index in [1.54, 1.807) is 0 Å². The van der Waals surface area contributed by atoms with Gasteiger partial charge in [0, 0.05) is 21.9 Å². The molecule has 2 aliphatic rings. The minimum Gasteiger partial charge on any atom is -0.309 e. The number of fused-ring (bicyclic) bond motifs is 6. The van der Waals surface area contributed by atoms with Crippen molar-refractivity contribution < 1.29 is 0 Å². The number of nitrogens with zero attached hydrogens (tertiary/aromatic N) is 3. The van der Waals surface area contributed by atoms with Crippen LogP contribution < -0.4 is 10.6 Å². The van der Waals surface area contributed by atoms with Crippen molar-refractivity contribution >= 4 is 33.6 Å². The van der Waals surface area contributed by atoms with Crippen molar-refractivity contribution in [3.63, 3.8) is 0 Å². The molecule has 0 atom stereocenters. The first-order valence-corrected chi connectivity index (χ1v) is 19.4. The zero-order valence-electron chi connectivity index (χ0n) is 31.0. The molecule has 0 saturated heterocycles. The maximum absolute atomic E-state index is 5.14. The van der Waals surface area contributed by atoms with Gasteiger partial charge in [-0.25, -0.2) is 4.98 Å². The Balaban J connectivity index is 1.16. The van der Waals surface area contributed by atoms with Gasteiger partial charge >= 0.3 is 0 Å². The molecule has 0 amide bonds. The number of para-hydroxylation sites is 4. The zero-order valence-corrected chi connectivity index (χ0v) is 31.0. The van der Waals surface area contributed by atoms with E-state index in [9.17, 15) is 0 Å². The molecule has 3 heterocycles. The van der Waals surface area contributed by atoms with Crippen LogP contribution in [-0.2, 0) is 5.41 Å². The molecule has 55 heavy (non-hydrogen) atoms. The molecule has 3 heteroatoms. The molecule has 7 aromatic carbocycles. The summed E-state index contributed by atoms with van der Waals surface area (Å²) in [4.78, 5) is 5.14. The van der Waals surface area contributed by atoms with Gasteiger partial charge in [-0.15, -0.1) is 0 Å². The van der Waals surface area contributed by atoms with Crippen LogP contribution in [0.3, 0.4) is 0 Å². The second-order valence-electron chi connectivity index (χ2n) is 15.2. The van der Waals surface area contributed by atoms with Gasteiger partial charge in [0.1, 0.15) is 5.82 Å². The monoisotopic (exact) mass is 705 g/mol. The highest BCUT2D eigenvalue weighted by Gasteiger charge is 2.46. The highest BCUT2D eigenvalue weighted by Crippen LogP contribution is 2.52. The maximum atomic E-state index is 5.14. The van der Waals surface area contributed by atoms with E-state index in [-0.39, 0.29) is 0 Å². The predicted octanol–water partition coefficient (Wildman–Crippen LogP) is 11.0. The fourth-order valence-corrected chi connectivity index (χ4v) is 9.54. The van der Waals surface area contributed by atoms with E-state index in [0.29, 0.717) is 0 Å². The van der Waals surface area contributed by atoms with E-state index in [1.807, 2.05) is 0 Å². The number of imidazole rings is 1. The zero-order chi connectivity index (χ0) is 36.7. The van der Waals surface area contributed by atoms with Crippen molar-refractivity contribution in [2.45, 2.75) is 32.1 Å². The van der Waals surface area contributed by atoms with Crippen LogP contribution in [0.5, 0.6) is 0 Å². The molecule has 0 spiro atoms. The van der Waals surface area contributed by atoms with Crippen molar-refractivity contribution in [3.05, 3.63) is 208 Å². The largest absolute Gasteiger partial charge is 0.309 e. The van der Waals surface area contributed by atoms with Crippen molar-refractivity contribution in [1.82, 2.24) is 14.1 Å². The lowest BCUT2D eigenvalue weighted by Gasteiger charge is -2.43. The standard InChI is InChI=1S/C52H39N3/c1-34-19-28-39(29-20-34)52(40-30-21-35(2)22-31-40)44-15-10-14-43-42-13-6-8-17-47(42)55(50(43)44)48-32-27-38(33-45(48)52)36-23-25-37(26-24-36)51-53-46-16-7-9-18-49(46)54(51)41-11-4-3-5-12-41/h3-9,11-14,16-33H,10,15H2,1-2H3. The summed E-state index contributed by atoms with van der Waals surface area (Å²) < 4.78 is 4.83. The van der Waals surface area contributed by atoms with Crippen LogP contribution in [0, 0.1) is 13.8 Å². The molecular weight excluding hydrogens is 667 g/mol. The summed E-state index contributed by atoms with van der Waals surface area (Å²) in [5.74, 6) is 0.940. The Morgan fingerprint density at radius 2 is 1.16 bits per heavy atom. The van der Waals surface area contributed by atoms with Gasteiger partial charge in [0.25, 0.3) is 0 Å². The lowest BCUT2D eigenvalue weighted by Crippen LogP contribution is -2.47. The normalized spacial score (nSPS) is 14.1. The molecule has 2 aromatic heterocycles. The molecule has 1 aliphatic carbocycles. The Kier molecular flexibility index (Phi) is 7.03. The van der Waals surface area contributed by atoms with Crippen LogP contribution in [0.15, 0.2) is 170 Å². The van der Waals surface area contributed by atoms with Gasteiger partial charge in [0.05, 0.1) is 33.0 Å². The Bertz CT molecular complexity index is 3020. The third-order valence-electron chi connectivity index (χ3n) is 12.1. The Morgan fingerprint density at radius 3 is 1.89 bits per heavy atom. The highest BCUT2D eigenvalue weighted by molar-refractivity contribution is 5.91. The number of aryl methyl sites for hydroxylation is 2. The topological polar surface area (TPSA) is 22.8 Å². The molecule has 9 aromatic rings. The third-order valence-corrected chi connectivity index (χ3v) is 12.1. The third kappa shape index (κ3) is 4.66. The fraction of sp³-hybridized carbons (Fsp3) is 0.0962. The highest BCUT2D eigenvalue weighted by atomic mass is 15.1. The molecule has 3 nitrogen and oxygen atoms in total. The number of benzene rings is 7. The van der Waals surface area contributed by atoms with Gasteiger partial charge in [0.2, 0.25) is 0 Å². The number of hydrogen-bond acceptors (Lipinski definition) is 1. The molecule has 1 aliphatic heterocycles. The second kappa shape index (κ2) is 12.2. The molecular formula is C52H39N3. The van der Waals surface area contributed by atoms with Gasteiger partial charge < -0.3 is 4.57 Å². The van der Waals surface area contributed by atoms with Gasteiger partial charge in [-0.2, -0.15) is 0 Å². The summed E-state index contributed by atoms with van der Waals surface area (Å²) in [7, 11) is 0. The number of rotatable bonds is 5. The molecule has 0 fully saturated rings. The van der Waals surface area contributed by atoms with Gasteiger partial charge in [0.15, 0.2) is 0 Å². The first-order valence-electron chi connectivity index (χ1n) is 19.4. The van der Waals surface area contributed by atoms with Gasteiger partial charge in [-0.1, -0.05) is 145 Å². The number of aromatic nitrogens is 3. The van der Waals surface area contributed by atoms with Crippen LogP contribution in [0.25, 0.3) is 67.5 Å². The summed E-state index contributed by atoms with van der Waals surface area (Å²) in [6.07, 6.45) is 4.48. The van der Waals surface area contributed by atoms with E-state index < -0.39 is 5.41 Å². The summed E-state index contributed by atoms with van der Waals surface area (Å²) in [5.41, 5.74) is 16.7. The van der Waals surface area contributed by atoms with Gasteiger partial charge in [-0.05, 0) is 103 Å². The fourth-order valence-electron chi connectivity index (χ4n) is 9.54. The SMILES string of the molecule is Cc1ccc(C2(c3ccc(C)cc3)C3=c4c(c5ccccc5n4-c4ccc(-c5ccc(-c6nc7ccccc7n6-c6ccccc6)cc5)cc42)=CCC3)cc1. The summed E-state index contributed by atoms with van der Waals surface area (Å²) in [5, 5.41) is 4.05. The van der Waals surface area contributed by atoms with Gasteiger partial charge in [-0.3, -0.25) is 4.57 Å². The van der Waals surface area contributed by atoms with Crippen LogP contribution in [-0.4, -0.2) is 14.1 Å². The van der Waals surface area contributed by atoms with Crippen molar-refractivity contribution in [3.8, 4) is 33.9 Å². The van der Waals surface area contributed by atoms with E-state index in [0.717, 1.165) is 41.0 Å². The molecule has 0 N–H and O–H groups in total. The van der Waals surface area contributed by atoms with E-state index in [4.69, 9.17) is 4.98 Å². The average molecular weight is 706 g/mol. The summed E-state index contributed by atoms with van der Waals surface area (Å²) in [6.45, 7) is 4.37. The summed E-state index contributed by atoms with van der Waals surface area (Å²) in [6, 6.07) is 62.8. The molecule has 0 unspecified atom stereocenters. The Morgan fingerprint density at radius 1 is 0.545 bits per heavy atom. The minimum absolute atomic E-state index is 0.472. The first-order chi connectivity index (χ1) is 27.1. The average Bonchev–Trinajstić information content (AvgIpc) is 3.80. The van der Waals surface area contributed by atoms with Crippen LogP contribution in [0.2, 0.25) is 0 Å². The minimum atomic E-state index is -0.472. The maximum Gasteiger partial charge on any atom is 0.145 e. The van der Waals surface area contributed by atoms with E-state index >= 15 is 0 Å². The van der Waals surface area contributed by atoms with E-state index in [1.165, 1.54) is 71.7 Å². The Hall–Kier alpha value is -6.71. The quantitative estimate of drug-likeness (QED) is 0.175. The van der Waals surface area contributed by atoms with Crippen molar-refractivity contribution in [2.24, 2.45) is 0 Å². The number of hydrogen-bond donors (Lipinski definition) is 0.